The van der Waals surface area contributed by atoms with Crippen molar-refractivity contribution in [2.24, 2.45) is 0 Å². The van der Waals surface area contributed by atoms with Gasteiger partial charge in [-0.1, -0.05) is 64.1 Å². The Labute approximate surface area is 155 Å². The van der Waals surface area contributed by atoms with E-state index in [2.05, 4.69) is 76.2 Å². The molecule has 25 heavy (non-hydrogen) atoms. The van der Waals surface area contributed by atoms with Gasteiger partial charge in [0.05, 0.1) is 0 Å². The third-order valence-electron chi connectivity index (χ3n) is 5.38. The fraction of sp³-hybridized carbons (Fsp3) is 0.429. The molecule has 0 saturated carbocycles. The van der Waals surface area contributed by atoms with Crippen molar-refractivity contribution < 1.29 is 8.85 Å². The maximum absolute atomic E-state index is 6.69. The molecule has 0 aromatic heterocycles. The molecule has 0 spiro atoms. The van der Waals surface area contributed by atoms with Gasteiger partial charge < -0.3 is 8.85 Å². The zero-order valence-electron chi connectivity index (χ0n) is 16.1. The Kier molecular flexibility index (Phi) is 7.32. The minimum Gasteiger partial charge on any atom is -0.544 e. The molecule has 2 rings (SSSR count). The van der Waals surface area contributed by atoms with Crippen LogP contribution in [0, 0.1) is 0 Å². The molecule has 2 aromatic carbocycles. The normalized spacial score (nSPS) is 12.0. The van der Waals surface area contributed by atoms with Crippen LogP contribution in [-0.4, -0.2) is 16.6 Å². The van der Waals surface area contributed by atoms with E-state index in [4.69, 9.17) is 8.85 Å². The van der Waals surface area contributed by atoms with Gasteiger partial charge in [-0.05, 0) is 48.4 Å². The van der Waals surface area contributed by atoms with E-state index in [-0.39, 0.29) is 0 Å². The van der Waals surface area contributed by atoms with Crippen LogP contribution >= 0.6 is 0 Å². The fourth-order valence-electron chi connectivity index (χ4n) is 3.43. The van der Waals surface area contributed by atoms with Gasteiger partial charge in [0.15, 0.2) is 0 Å². The first-order valence-electron chi connectivity index (χ1n) is 9.59. The van der Waals surface area contributed by atoms with Crippen molar-refractivity contribution in [3.8, 4) is 11.5 Å². The number of hydrogen-bond acceptors (Lipinski definition) is 2. The number of benzene rings is 2. The molecule has 0 bridgehead atoms. The highest BCUT2D eigenvalue weighted by atomic mass is 28.4. The Morgan fingerprint density at radius 2 is 0.880 bits per heavy atom. The van der Waals surface area contributed by atoms with Gasteiger partial charge in [0.1, 0.15) is 11.5 Å². The molecule has 0 N–H and O–H groups in total. The van der Waals surface area contributed by atoms with Crippen LogP contribution in [-0.2, 0) is 0 Å². The molecule has 4 heteroatoms. The second kappa shape index (κ2) is 9.25. The lowest BCUT2D eigenvalue weighted by Gasteiger charge is -2.39. The topological polar surface area (TPSA) is 18.5 Å². The summed E-state index contributed by atoms with van der Waals surface area (Å²) in [7, 11) is -3.76. The molecule has 0 amide bonds. The molecule has 2 nitrogen and oxygen atoms in total. The fourth-order valence-corrected chi connectivity index (χ4v) is 15.5. The largest absolute Gasteiger partial charge is 0.544 e. The van der Waals surface area contributed by atoms with E-state index in [0.717, 1.165) is 41.3 Å². The summed E-state index contributed by atoms with van der Waals surface area (Å²) in [6, 6.07) is 25.2. The molecule has 0 fully saturated rings. The zero-order valence-corrected chi connectivity index (χ0v) is 18.1. The van der Waals surface area contributed by atoms with E-state index < -0.39 is 16.6 Å². The van der Waals surface area contributed by atoms with Crippen LogP contribution in [0.15, 0.2) is 60.7 Å². The van der Waals surface area contributed by atoms with Gasteiger partial charge in [0.25, 0.3) is 16.6 Å². The molecule has 0 radical (unpaired) electrons. The predicted octanol–water partition coefficient (Wildman–Crippen LogP) is 6.65. The summed E-state index contributed by atoms with van der Waals surface area (Å²) in [5.74, 6) is 2.04. The van der Waals surface area contributed by atoms with Crippen molar-refractivity contribution >= 4 is 16.6 Å². The molecule has 2 aromatic rings. The predicted molar refractivity (Wildman–Crippen MR) is 112 cm³/mol. The highest BCUT2D eigenvalue weighted by molar-refractivity contribution is 6.92. The minimum absolute atomic E-state index is 1.02. The number of para-hydroxylation sites is 2. The molecule has 136 valence electrons. The second-order valence-corrected chi connectivity index (χ2v) is 16.2. The third kappa shape index (κ3) is 5.22. The van der Waals surface area contributed by atoms with E-state index >= 15 is 0 Å². The summed E-state index contributed by atoms with van der Waals surface area (Å²) in [6.07, 6.45) is 0. The summed E-state index contributed by atoms with van der Waals surface area (Å²) in [5.41, 5.74) is 1.16. The summed E-state index contributed by atoms with van der Waals surface area (Å²) in [4.78, 5) is 0. The van der Waals surface area contributed by atoms with Crippen molar-refractivity contribution in [1.29, 1.82) is 0 Å². The molecule has 0 saturated heterocycles. The molecule has 0 aliphatic carbocycles. The van der Waals surface area contributed by atoms with Crippen LogP contribution in [0.4, 0.5) is 0 Å². The maximum Gasteiger partial charge on any atom is 0.251 e. The van der Waals surface area contributed by atoms with Crippen molar-refractivity contribution in [3.63, 3.8) is 0 Å². The third-order valence-corrected chi connectivity index (χ3v) is 17.0. The Bertz CT molecular complexity index is 553. The lowest BCUT2D eigenvalue weighted by Crippen LogP contribution is -2.53. The second-order valence-electron chi connectivity index (χ2n) is 6.79. The molecular weight excluding hydrogens is 340 g/mol. The van der Waals surface area contributed by atoms with Crippen LogP contribution in [0.1, 0.15) is 27.7 Å². The van der Waals surface area contributed by atoms with Crippen molar-refractivity contribution in [1.82, 2.24) is 0 Å². The van der Waals surface area contributed by atoms with Crippen LogP contribution in [0.3, 0.4) is 0 Å². The molecule has 0 aliphatic rings. The Hall–Kier alpha value is -1.53. The first-order chi connectivity index (χ1) is 12.1. The number of rotatable bonds is 10. The van der Waals surface area contributed by atoms with Gasteiger partial charge in [-0.2, -0.15) is 0 Å². The summed E-state index contributed by atoms with van der Waals surface area (Å²) < 4.78 is 13.4. The van der Waals surface area contributed by atoms with Crippen LogP contribution in [0.25, 0.3) is 0 Å². The zero-order chi connectivity index (χ0) is 18.2. The van der Waals surface area contributed by atoms with E-state index in [0.29, 0.717) is 0 Å². The first-order valence-corrected chi connectivity index (χ1v) is 14.6. The van der Waals surface area contributed by atoms with Crippen molar-refractivity contribution in [2.45, 2.75) is 57.5 Å². The smallest absolute Gasteiger partial charge is 0.251 e. The van der Waals surface area contributed by atoms with Gasteiger partial charge in [-0.25, -0.2) is 0 Å². The van der Waals surface area contributed by atoms with Gasteiger partial charge in [0, 0.05) is 5.67 Å². The summed E-state index contributed by atoms with van der Waals surface area (Å²) in [5, 5.41) is 0. The SMILES string of the molecule is CC[Si](CC)(C[Si](CC)(CC)Oc1ccccc1)Oc1ccccc1. The average Bonchev–Trinajstić information content (AvgIpc) is 2.68. The molecular formula is C21H32O2Si2. The summed E-state index contributed by atoms with van der Waals surface area (Å²) >= 11 is 0. The lowest BCUT2D eigenvalue weighted by molar-refractivity contribution is 0.511. The Balaban J connectivity index is 2.26. The van der Waals surface area contributed by atoms with Gasteiger partial charge >= 0.3 is 0 Å². The average molecular weight is 373 g/mol. The van der Waals surface area contributed by atoms with Crippen molar-refractivity contribution in [3.05, 3.63) is 60.7 Å². The Morgan fingerprint density at radius 1 is 0.560 bits per heavy atom. The van der Waals surface area contributed by atoms with E-state index in [1.807, 2.05) is 12.1 Å². The van der Waals surface area contributed by atoms with Gasteiger partial charge in [-0.3, -0.25) is 0 Å². The van der Waals surface area contributed by atoms with E-state index in [9.17, 15) is 0 Å². The highest BCUT2D eigenvalue weighted by Gasteiger charge is 2.46. The molecule has 0 unspecified atom stereocenters. The maximum atomic E-state index is 6.69. The van der Waals surface area contributed by atoms with Crippen molar-refractivity contribution in [2.75, 3.05) is 0 Å². The molecule has 0 aliphatic heterocycles. The van der Waals surface area contributed by atoms with Crippen LogP contribution in [0.2, 0.25) is 29.8 Å². The lowest BCUT2D eigenvalue weighted by atomic mass is 10.3. The Morgan fingerprint density at radius 3 is 1.16 bits per heavy atom. The standard InChI is InChI=1S/C21H32O2Si2/c1-5-24(6-2,22-20-15-11-9-12-16-20)19-25(7-3,8-4)23-21-17-13-10-14-18-21/h9-18H,5-8,19H2,1-4H3. The van der Waals surface area contributed by atoms with Gasteiger partial charge in [0.2, 0.25) is 0 Å². The van der Waals surface area contributed by atoms with E-state index in [1.165, 1.54) is 0 Å². The monoisotopic (exact) mass is 372 g/mol. The number of hydrogen-bond donors (Lipinski definition) is 0. The molecule has 0 heterocycles. The summed E-state index contributed by atoms with van der Waals surface area (Å²) in [6.45, 7) is 9.19. The van der Waals surface area contributed by atoms with E-state index in [1.54, 1.807) is 0 Å². The van der Waals surface area contributed by atoms with Gasteiger partial charge in [-0.15, -0.1) is 0 Å². The minimum atomic E-state index is -1.88. The quantitative estimate of drug-likeness (QED) is 0.434. The first kappa shape index (κ1) is 19.8. The van der Waals surface area contributed by atoms with Crippen LogP contribution in [0.5, 0.6) is 11.5 Å². The van der Waals surface area contributed by atoms with Crippen LogP contribution < -0.4 is 8.85 Å². The highest BCUT2D eigenvalue weighted by Crippen LogP contribution is 2.35. The molecule has 0 atom stereocenters.